The summed E-state index contributed by atoms with van der Waals surface area (Å²) in [6.45, 7) is 6.50. The van der Waals surface area contributed by atoms with Crippen LogP contribution in [0.1, 0.15) is 31.0 Å². The highest BCUT2D eigenvalue weighted by Crippen LogP contribution is 2.23. The molecular formula is C12H18ClNO. The smallest absolute Gasteiger partial charge is 0.0662 e. The topological polar surface area (TPSA) is 35.2 Å². The third-order valence-corrected chi connectivity index (χ3v) is 2.73. The van der Waals surface area contributed by atoms with Gasteiger partial charge in [0.15, 0.2) is 0 Å². The summed E-state index contributed by atoms with van der Waals surface area (Å²) in [5.74, 6) is 0. The molecule has 0 heterocycles. The molecule has 0 bridgehead atoms. The predicted octanol–water partition coefficient (Wildman–Crippen LogP) is 3.07. The zero-order valence-corrected chi connectivity index (χ0v) is 10.2. The minimum Gasteiger partial charge on any atom is -0.377 e. The van der Waals surface area contributed by atoms with E-state index in [0.717, 1.165) is 16.1 Å². The third kappa shape index (κ3) is 3.49. The second-order valence-electron chi connectivity index (χ2n) is 3.94. The van der Waals surface area contributed by atoms with E-state index >= 15 is 0 Å². The van der Waals surface area contributed by atoms with Crippen molar-refractivity contribution in [3.8, 4) is 0 Å². The summed E-state index contributed by atoms with van der Waals surface area (Å²) < 4.78 is 5.48. The van der Waals surface area contributed by atoms with Crippen LogP contribution >= 0.6 is 11.6 Å². The minimum absolute atomic E-state index is 0.105. The molecule has 1 rings (SSSR count). The Morgan fingerprint density at radius 2 is 2.07 bits per heavy atom. The molecular weight excluding hydrogens is 210 g/mol. The molecule has 1 aromatic carbocycles. The van der Waals surface area contributed by atoms with Crippen LogP contribution in [0.4, 0.5) is 0 Å². The standard InChI is InChI=1S/C12H18ClNO/c1-8(2)15-7-12(14)10-5-4-6-11(13)9(10)3/h4-6,8,12H,7,14H2,1-3H3. The summed E-state index contributed by atoms with van der Waals surface area (Å²) in [7, 11) is 0. The van der Waals surface area contributed by atoms with E-state index in [-0.39, 0.29) is 12.1 Å². The summed E-state index contributed by atoms with van der Waals surface area (Å²) in [6, 6.07) is 5.68. The molecule has 0 radical (unpaired) electrons. The predicted molar refractivity (Wildman–Crippen MR) is 64.2 cm³/mol. The molecule has 1 unspecified atom stereocenters. The van der Waals surface area contributed by atoms with Gasteiger partial charge in [0.1, 0.15) is 0 Å². The van der Waals surface area contributed by atoms with Crippen molar-refractivity contribution in [1.82, 2.24) is 0 Å². The van der Waals surface area contributed by atoms with Crippen molar-refractivity contribution < 1.29 is 4.74 Å². The van der Waals surface area contributed by atoms with E-state index in [0.29, 0.717) is 6.61 Å². The van der Waals surface area contributed by atoms with Crippen LogP contribution in [-0.2, 0) is 4.74 Å². The Balaban J connectivity index is 2.73. The van der Waals surface area contributed by atoms with E-state index in [2.05, 4.69) is 0 Å². The van der Waals surface area contributed by atoms with E-state index in [9.17, 15) is 0 Å². The number of ether oxygens (including phenoxy) is 1. The van der Waals surface area contributed by atoms with Crippen molar-refractivity contribution in [1.29, 1.82) is 0 Å². The first-order valence-electron chi connectivity index (χ1n) is 5.14. The van der Waals surface area contributed by atoms with E-state index in [4.69, 9.17) is 22.1 Å². The molecule has 0 aliphatic rings. The van der Waals surface area contributed by atoms with Crippen molar-refractivity contribution in [3.05, 3.63) is 34.3 Å². The molecule has 2 N–H and O–H groups in total. The highest BCUT2D eigenvalue weighted by Gasteiger charge is 2.11. The van der Waals surface area contributed by atoms with Gasteiger partial charge in [-0.2, -0.15) is 0 Å². The van der Waals surface area contributed by atoms with Gasteiger partial charge in [0.2, 0.25) is 0 Å². The summed E-state index contributed by atoms with van der Waals surface area (Å²) in [6.07, 6.45) is 0.204. The van der Waals surface area contributed by atoms with Crippen molar-refractivity contribution in [2.24, 2.45) is 5.73 Å². The first kappa shape index (κ1) is 12.5. The molecule has 0 spiro atoms. The van der Waals surface area contributed by atoms with E-state index in [1.807, 2.05) is 39.0 Å². The van der Waals surface area contributed by atoms with Crippen LogP contribution in [-0.4, -0.2) is 12.7 Å². The van der Waals surface area contributed by atoms with Gasteiger partial charge in [0.25, 0.3) is 0 Å². The van der Waals surface area contributed by atoms with E-state index in [1.165, 1.54) is 0 Å². The van der Waals surface area contributed by atoms with Gasteiger partial charge in [-0.05, 0) is 38.0 Å². The fraction of sp³-hybridized carbons (Fsp3) is 0.500. The lowest BCUT2D eigenvalue weighted by molar-refractivity contribution is 0.0682. The van der Waals surface area contributed by atoms with Gasteiger partial charge in [-0.3, -0.25) is 0 Å². The SMILES string of the molecule is Cc1c(Cl)cccc1C(N)COC(C)C. The number of nitrogens with two attached hydrogens (primary N) is 1. The van der Waals surface area contributed by atoms with Crippen molar-refractivity contribution >= 4 is 11.6 Å². The molecule has 0 aromatic heterocycles. The van der Waals surface area contributed by atoms with Crippen LogP contribution in [0, 0.1) is 6.92 Å². The summed E-state index contributed by atoms with van der Waals surface area (Å²) in [4.78, 5) is 0. The number of hydrogen-bond acceptors (Lipinski definition) is 2. The van der Waals surface area contributed by atoms with Crippen LogP contribution in [0.15, 0.2) is 18.2 Å². The fourth-order valence-electron chi connectivity index (χ4n) is 1.41. The Hall–Kier alpha value is -0.570. The molecule has 0 aliphatic heterocycles. The third-order valence-electron chi connectivity index (χ3n) is 2.32. The van der Waals surface area contributed by atoms with Gasteiger partial charge in [0.05, 0.1) is 18.8 Å². The van der Waals surface area contributed by atoms with Gasteiger partial charge in [-0.1, -0.05) is 23.7 Å². The normalized spacial score (nSPS) is 13.2. The minimum atomic E-state index is -0.105. The lowest BCUT2D eigenvalue weighted by atomic mass is 10.0. The molecule has 1 atom stereocenters. The summed E-state index contributed by atoms with van der Waals surface area (Å²) >= 11 is 6.02. The number of rotatable bonds is 4. The van der Waals surface area contributed by atoms with E-state index < -0.39 is 0 Å². The molecule has 84 valence electrons. The van der Waals surface area contributed by atoms with Crippen molar-refractivity contribution in [2.75, 3.05) is 6.61 Å². The zero-order chi connectivity index (χ0) is 11.4. The van der Waals surface area contributed by atoms with Gasteiger partial charge < -0.3 is 10.5 Å². The van der Waals surface area contributed by atoms with Crippen LogP contribution in [0.25, 0.3) is 0 Å². The first-order chi connectivity index (χ1) is 7.02. The Kier molecular flexibility index (Phi) is 4.58. The lowest BCUT2D eigenvalue weighted by Gasteiger charge is -2.17. The quantitative estimate of drug-likeness (QED) is 0.858. The molecule has 0 saturated heterocycles. The van der Waals surface area contributed by atoms with E-state index in [1.54, 1.807) is 0 Å². The second kappa shape index (κ2) is 5.50. The average Bonchev–Trinajstić information content (AvgIpc) is 2.18. The molecule has 15 heavy (non-hydrogen) atoms. The second-order valence-corrected chi connectivity index (χ2v) is 4.35. The van der Waals surface area contributed by atoms with Crippen LogP contribution in [0.3, 0.4) is 0 Å². The van der Waals surface area contributed by atoms with Crippen molar-refractivity contribution in [3.63, 3.8) is 0 Å². The van der Waals surface area contributed by atoms with Gasteiger partial charge in [0, 0.05) is 5.02 Å². The van der Waals surface area contributed by atoms with Gasteiger partial charge in [-0.25, -0.2) is 0 Å². The largest absolute Gasteiger partial charge is 0.377 e. The lowest BCUT2D eigenvalue weighted by Crippen LogP contribution is -2.20. The number of benzene rings is 1. The van der Waals surface area contributed by atoms with Gasteiger partial charge in [-0.15, -0.1) is 0 Å². The highest BCUT2D eigenvalue weighted by molar-refractivity contribution is 6.31. The maximum absolute atomic E-state index is 6.03. The Morgan fingerprint density at radius 3 is 2.67 bits per heavy atom. The summed E-state index contributed by atoms with van der Waals surface area (Å²) in [5, 5.41) is 0.757. The fourth-order valence-corrected chi connectivity index (χ4v) is 1.59. The maximum Gasteiger partial charge on any atom is 0.0662 e. The maximum atomic E-state index is 6.03. The van der Waals surface area contributed by atoms with Crippen LogP contribution < -0.4 is 5.73 Å². The molecule has 2 nitrogen and oxygen atoms in total. The van der Waals surface area contributed by atoms with Gasteiger partial charge >= 0.3 is 0 Å². The monoisotopic (exact) mass is 227 g/mol. The summed E-state index contributed by atoms with van der Waals surface area (Å²) in [5.41, 5.74) is 8.13. The molecule has 0 saturated carbocycles. The van der Waals surface area contributed by atoms with Crippen molar-refractivity contribution in [2.45, 2.75) is 32.9 Å². The Bertz CT molecular complexity index is 325. The number of halogens is 1. The zero-order valence-electron chi connectivity index (χ0n) is 9.46. The molecule has 1 aromatic rings. The first-order valence-corrected chi connectivity index (χ1v) is 5.52. The van der Waals surface area contributed by atoms with Crippen LogP contribution in [0.5, 0.6) is 0 Å². The van der Waals surface area contributed by atoms with Crippen LogP contribution in [0.2, 0.25) is 5.02 Å². The molecule has 0 fully saturated rings. The highest BCUT2D eigenvalue weighted by atomic mass is 35.5. The number of hydrogen-bond donors (Lipinski definition) is 1. The molecule has 0 amide bonds. The average molecular weight is 228 g/mol. The Labute approximate surface area is 96.4 Å². The molecule has 3 heteroatoms. The molecule has 0 aliphatic carbocycles. The Morgan fingerprint density at radius 1 is 1.40 bits per heavy atom.